The van der Waals surface area contributed by atoms with Crippen LogP contribution in [0, 0.1) is 0 Å². The summed E-state index contributed by atoms with van der Waals surface area (Å²) < 4.78 is 4.02. The lowest BCUT2D eigenvalue weighted by molar-refractivity contribution is 1.53. The fourth-order valence-electron chi connectivity index (χ4n) is 2.53. The Labute approximate surface area is 139 Å². The molecule has 0 spiro atoms. The number of rotatable bonds is 4. The van der Waals surface area contributed by atoms with Gasteiger partial charge >= 0.3 is 0 Å². The lowest BCUT2D eigenvalue weighted by Gasteiger charge is -2.06. The third-order valence-corrected chi connectivity index (χ3v) is 6.27. The van der Waals surface area contributed by atoms with E-state index in [1.165, 1.54) is 35.5 Å². The summed E-state index contributed by atoms with van der Waals surface area (Å²) in [5.74, 6) is 0. The van der Waals surface area contributed by atoms with Gasteiger partial charge in [0.15, 0.2) is 0 Å². The van der Waals surface area contributed by atoms with E-state index in [9.17, 15) is 0 Å². The van der Waals surface area contributed by atoms with Crippen molar-refractivity contribution in [3.63, 3.8) is 0 Å². The number of fused-ring (bicyclic) bond motifs is 3. The maximum Gasteiger partial charge on any atom is 0.0548 e. The van der Waals surface area contributed by atoms with Crippen molar-refractivity contribution in [2.45, 2.75) is 13.8 Å². The number of allylic oxidation sites excluding steroid dienone is 5. The smallest absolute Gasteiger partial charge is 0.0548 e. The van der Waals surface area contributed by atoms with Gasteiger partial charge in [-0.2, -0.15) is 0 Å². The molecule has 0 saturated heterocycles. The zero-order valence-electron chi connectivity index (χ0n) is 12.8. The molecule has 0 radical (unpaired) electrons. The summed E-state index contributed by atoms with van der Waals surface area (Å²) in [5, 5.41) is 1.34. The van der Waals surface area contributed by atoms with E-state index in [0.29, 0.717) is 0 Å². The van der Waals surface area contributed by atoms with Crippen molar-refractivity contribution in [3.05, 3.63) is 71.7 Å². The predicted octanol–water partition coefficient (Wildman–Crippen LogP) is 7.29. The van der Waals surface area contributed by atoms with Gasteiger partial charge < -0.3 is 0 Å². The molecule has 0 amide bonds. The van der Waals surface area contributed by atoms with Crippen LogP contribution >= 0.6 is 22.7 Å². The minimum atomic E-state index is 1.09. The molecule has 2 aromatic heterocycles. The van der Waals surface area contributed by atoms with Crippen LogP contribution in [-0.4, -0.2) is 0 Å². The normalized spacial score (nSPS) is 12.5. The highest BCUT2D eigenvalue weighted by atomic mass is 32.1. The maximum atomic E-state index is 4.34. The molecule has 0 unspecified atom stereocenters. The monoisotopic (exact) mass is 322 g/mol. The molecule has 2 heterocycles. The molecular weight excluding hydrogens is 304 g/mol. The summed E-state index contributed by atoms with van der Waals surface area (Å²) in [7, 11) is 0. The molecule has 0 N–H and O–H groups in total. The quantitative estimate of drug-likeness (QED) is 0.442. The average molecular weight is 322 g/mol. The third-order valence-electron chi connectivity index (χ3n) is 3.74. The van der Waals surface area contributed by atoms with E-state index in [4.69, 9.17) is 0 Å². The molecule has 3 aromatic rings. The molecule has 0 nitrogen and oxygen atoms in total. The molecule has 110 valence electrons. The fourth-order valence-corrected chi connectivity index (χ4v) is 5.21. The Balaban J connectivity index is 2.27. The molecule has 3 rings (SSSR count). The number of benzene rings is 1. The Bertz CT molecular complexity index is 929. The van der Waals surface area contributed by atoms with E-state index in [1.54, 1.807) is 0 Å². The Morgan fingerprint density at radius 2 is 1.91 bits per heavy atom. The lowest BCUT2D eigenvalue weighted by atomic mass is 10.0. The van der Waals surface area contributed by atoms with E-state index in [1.807, 2.05) is 41.7 Å². The van der Waals surface area contributed by atoms with Crippen LogP contribution in [0.5, 0.6) is 0 Å². The predicted molar refractivity (Wildman–Crippen MR) is 105 cm³/mol. The van der Waals surface area contributed by atoms with Crippen LogP contribution in [0.2, 0.25) is 0 Å². The van der Waals surface area contributed by atoms with Crippen molar-refractivity contribution in [2.75, 3.05) is 0 Å². The van der Waals surface area contributed by atoms with E-state index in [2.05, 4.69) is 56.5 Å². The van der Waals surface area contributed by atoms with E-state index in [0.717, 1.165) is 5.57 Å². The average Bonchev–Trinajstić information content (AvgIpc) is 3.07. The van der Waals surface area contributed by atoms with Crippen molar-refractivity contribution in [2.24, 2.45) is 0 Å². The molecule has 22 heavy (non-hydrogen) atoms. The standard InChI is InChI=1S/C20H18S2/c1-5-7-10-13(3)14(4)18-16(6-2)21-19-15-11-8-9-12-17(15)22-20(18)19/h5-12H,2,4H2,1,3H3/b7-5-,13-10+. The summed E-state index contributed by atoms with van der Waals surface area (Å²) in [4.78, 5) is 1.21. The summed E-state index contributed by atoms with van der Waals surface area (Å²) >= 11 is 3.67. The van der Waals surface area contributed by atoms with Gasteiger partial charge in [-0.3, -0.25) is 0 Å². The summed E-state index contributed by atoms with van der Waals surface area (Å²) in [6.45, 7) is 12.5. The molecule has 0 bridgehead atoms. The highest BCUT2D eigenvalue weighted by Crippen LogP contribution is 2.46. The molecule has 0 aliphatic rings. The highest BCUT2D eigenvalue weighted by molar-refractivity contribution is 7.33. The fraction of sp³-hybridized carbons (Fsp3) is 0.100. The van der Waals surface area contributed by atoms with Gasteiger partial charge in [-0.1, -0.05) is 55.7 Å². The van der Waals surface area contributed by atoms with Crippen LogP contribution in [0.4, 0.5) is 0 Å². The summed E-state index contributed by atoms with van der Waals surface area (Å²) in [6, 6.07) is 8.60. The second-order valence-corrected chi connectivity index (χ2v) is 7.26. The number of hydrogen-bond acceptors (Lipinski definition) is 2. The first-order valence-electron chi connectivity index (χ1n) is 7.23. The lowest BCUT2D eigenvalue weighted by Crippen LogP contribution is -1.84. The van der Waals surface area contributed by atoms with Gasteiger partial charge in [0.1, 0.15) is 0 Å². The molecule has 2 heteroatoms. The van der Waals surface area contributed by atoms with Gasteiger partial charge in [-0.15, -0.1) is 22.7 Å². The van der Waals surface area contributed by atoms with E-state index in [-0.39, 0.29) is 0 Å². The Kier molecular flexibility index (Phi) is 4.14. The van der Waals surface area contributed by atoms with Crippen molar-refractivity contribution in [1.82, 2.24) is 0 Å². The molecular formula is C20H18S2. The van der Waals surface area contributed by atoms with E-state index >= 15 is 0 Å². The van der Waals surface area contributed by atoms with Crippen molar-refractivity contribution in [3.8, 4) is 0 Å². The van der Waals surface area contributed by atoms with Crippen molar-refractivity contribution in [1.29, 1.82) is 0 Å². The number of thiophene rings is 2. The second-order valence-electron chi connectivity index (χ2n) is 5.16. The Morgan fingerprint density at radius 3 is 2.64 bits per heavy atom. The van der Waals surface area contributed by atoms with Crippen molar-refractivity contribution < 1.29 is 0 Å². The van der Waals surface area contributed by atoms with Crippen LogP contribution in [0.1, 0.15) is 24.3 Å². The van der Waals surface area contributed by atoms with Gasteiger partial charge in [-0.05, 0) is 31.1 Å². The first-order valence-corrected chi connectivity index (χ1v) is 8.86. The molecule has 0 atom stereocenters. The Hall–Kier alpha value is -1.90. The van der Waals surface area contributed by atoms with Crippen LogP contribution in [0.15, 0.2) is 61.2 Å². The molecule has 1 aromatic carbocycles. The van der Waals surface area contributed by atoms with Gasteiger partial charge in [-0.25, -0.2) is 0 Å². The van der Waals surface area contributed by atoms with Gasteiger partial charge in [0.25, 0.3) is 0 Å². The first-order chi connectivity index (χ1) is 10.7. The van der Waals surface area contributed by atoms with Gasteiger partial charge in [0.2, 0.25) is 0 Å². The summed E-state index contributed by atoms with van der Waals surface area (Å²) in [6.07, 6.45) is 8.16. The van der Waals surface area contributed by atoms with Crippen LogP contribution in [-0.2, 0) is 0 Å². The maximum absolute atomic E-state index is 4.34. The zero-order chi connectivity index (χ0) is 15.7. The Morgan fingerprint density at radius 1 is 1.14 bits per heavy atom. The molecule has 0 aliphatic carbocycles. The molecule has 0 aliphatic heterocycles. The van der Waals surface area contributed by atoms with Crippen molar-refractivity contribution >= 4 is 53.8 Å². The van der Waals surface area contributed by atoms with Crippen LogP contribution < -0.4 is 0 Å². The third kappa shape index (κ3) is 2.39. The van der Waals surface area contributed by atoms with Gasteiger partial charge in [0.05, 0.1) is 9.40 Å². The largest absolute Gasteiger partial charge is 0.134 e. The zero-order valence-corrected chi connectivity index (χ0v) is 14.5. The topological polar surface area (TPSA) is 0 Å². The number of hydrogen-bond donors (Lipinski definition) is 0. The second kappa shape index (κ2) is 6.07. The molecule has 0 saturated carbocycles. The minimum absolute atomic E-state index is 1.09. The van der Waals surface area contributed by atoms with Gasteiger partial charge in [0, 0.05) is 20.5 Å². The highest BCUT2D eigenvalue weighted by Gasteiger charge is 2.18. The first kappa shape index (κ1) is 15.0. The van der Waals surface area contributed by atoms with Crippen LogP contribution in [0.3, 0.4) is 0 Å². The summed E-state index contributed by atoms with van der Waals surface area (Å²) in [5.41, 5.74) is 3.53. The molecule has 0 fully saturated rings. The minimum Gasteiger partial charge on any atom is -0.134 e. The van der Waals surface area contributed by atoms with Crippen LogP contribution in [0.25, 0.3) is 31.1 Å². The van der Waals surface area contributed by atoms with E-state index < -0.39 is 0 Å². The SMILES string of the molecule is C=Cc1sc2c(sc3ccccc32)c1C(=C)/C(C)=C/C=C\C.